The number of halogens is 1. The van der Waals surface area contributed by atoms with Crippen LogP contribution in [0.25, 0.3) is 0 Å². The molecule has 0 atom stereocenters. The van der Waals surface area contributed by atoms with E-state index in [-0.39, 0.29) is 0 Å². The second-order valence-electron chi connectivity index (χ2n) is 3.33. The van der Waals surface area contributed by atoms with Crippen LogP contribution < -0.4 is 0 Å². The Hall–Kier alpha value is -0.680. The van der Waals surface area contributed by atoms with Crippen LogP contribution in [0.3, 0.4) is 0 Å². The third kappa shape index (κ3) is 1.88. The summed E-state index contributed by atoms with van der Waals surface area (Å²) in [5.74, 6) is 1.29. The van der Waals surface area contributed by atoms with Gasteiger partial charge in [0.25, 0.3) is 0 Å². The Morgan fingerprint density at radius 3 is 2.79 bits per heavy atom. The molecule has 1 aromatic rings. The van der Waals surface area contributed by atoms with Crippen LogP contribution in [0.4, 0.5) is 0 Å². The first kappa shape index (κ1) is 9.86. The lowest BCUT2D eigenvalue weighted by atomic mass is 10.00. The molecule has 2 rings (SSSR count). The van der Waals surface area contributed by atoms with Gasteiger partial charge in [-0.15, -0.1) is 0 Å². The van der Waals surface area contributed by atoms with Gasteiger partial charge in [-0.3, -0.25) is 4.79 Å². The SMILES string of the molecule is O=Cc1nc(C2CCOCC2)[nH]c1Br. The molecule has 0 aliphatic carbocycles. The van der Waals surface area contributed by atoms with Gasteiger partial charge in [0.05, 0.1) is 0 Å². The van der Waals surface area contributed by atoms with Gasteiger partial charge in [0.2, 0.25) is 0 Å². The molecule has 76 valence electrons. The molecule has 14 heavy (non-hydrogen) atoms. The molecule has 5 heteroatoms. The lowest BCUT2D eigenvalue weighted by Gasteiger charge is -2.19. The maximum atomic E-state index is 10.6. The zero-order chi connectivity index (χ0) is 9.97. The van der Waals surface area contributed by atoms with Crippen molar-refractivity contribution >= 4 is 22.2 Å². The summed E-state index contributed by atoms with van der Waals surface area (Å²) in [7, 11) is 0. The molecule has 2 heterocycles. The number of H-pyrrole nitrogens is 1. The molecule has 0 aromatic carbocycles. The van der Waals surface area contributed by atoms with Crippen LogP contribution in [0.5, 0.6) is 0 Å². The van der Waals surface area contributed by atoms with Crippen molar-refractivity contribution in [3.05, 3.63) is 16.1 Å². The molecular weight excluding hydrogens is 248 g/mol. The van der Waals surface area contributed by atoms with Crippen LogP contribution in [0.1, 0.15) is 35.1 Å². The number of rotatable bonds is 2. The topological polar surface area (TPSA) is 55.0 Å². The van der Waals surface area contributed by atoms with Gasteiger partial charge in [-0.25, -0.2) is 4.98 Å². The molecule has 0 amide bonds. The van der Waals surface area contributed by atoms with E-state index in [0.29, 0.717) is 16.2 Å². The normalized spacial score (nSPS) is 18.4. The number of aromatic amines is 1. The minimum Gasteiger partial charge on any atom is -0.381 e. The summed E-state index contributed by atoms with van der Waals surface area (Å²) in [4.78, 5) is 17.9. The van der Waals surface area contributed by atoms with E-state index in [1.54, 1.807) is 0 Å². The zero-order valence-electron chi connectivity index (χ0n) is 7.62. The third-order valence-electron chi connectivity index (χ3n) is 2.42. The maximum Gasteiger partial charge on any atom is 0.171 e. The van der Waals surface area contributed by atoms with Gasteiger partial charge < -0.3 is 9.72 Å². The number of aldehydes is 1. The Bertz CT molecular complexity index is 332. The third-order valence-corrected chi connectivity index (χ3v) is 3.03. The molecule has 1 aliphatic heterocycles. The van der Waals surface area contributed by atoms with E-state index < -0.39 is 0 Å². The molecule has 4 nitrogen and oxygen atoms in total. The standard InChI is InChI=1S/C9H11BrN2O2/c10-8-7(5-13)11-9(12-8)6-1-3-14-4-2-6/h5-6H,1-4H2,(H,11,12). The van der Waals surface area contributed by atoms with Crippen molar-refractivity contribution in [3.63, 3.8) is 0 Å². The molecule has 1 aliphatic rings. The minimum absolute atomic E-state index is 0.397. The number of nitrogens with one attached hydrogen (secondary N) is 1. The Balaban J connectivity index is 2.18. The highest BCUT2D eigenvalue weighted by Crippen LogP contribution is 2.26. The fraction of sp³-hybridized carbons (Fsp3) is 0.556. The van der Waals surface area contributed by atoms with Crippen molar-refractivity contribution in [2.45, 2.75) is 18.8 Å². The fourth-order valence-corrected chi connectivity index (χ4v) is 2.01. The summed E-state index contributed by atoms with van der Waals surface area (Å²) in [5, 5.41) is 0. The quantitative estimate of drug-likeness (QED) is 0.825. The number of aromatic nitrogens is 2. The maximum absolute atomic E-state index is 10.6. The van der Waals surface area contributed by atoms with Gasteiger partial charge in [0.15, 0.2) is 6.29 Å². The predicted octanol–water partition coefficient (Wildman–Crippen LogP) is 1.88. The number of imidazole rings is 1. The van der Waals surface area contributed by atoms with Crippen molar-refractivity contribution < 1.29 is 9.53 Å². The molecule has 0 bridgehead atoms. The number of carbonyl (C=O) groups is 1. The largest absolute Gasteiger partial charge is 0.381 e. The van der Waals surface area contributed by atoms with Crippen molar-refractivity contribution in [2.24, 2.45) is 0 Å². The van der Waals surface area contributed by atoms with Gasteiger partial charge in [-0.2, -0.15) is 0 Å². The molecule has 1 aromatic heterocycles. The molecule has 0 radical (unpaired) electrons. The van der Waals surface area contributed by atoms with Crippen LogP contribution in [0.2, 0.25) is 0 Å². The Morgan fingerprint density at radius 1 is 1.50 bits per heavy atom. The second kappa shape index (κ2) is 4.23. The summed E-state index contributed by atoms with van der Waals surface area (Å²) in [5.41, 5.74) is 0.450. The van der Waals surface area contributed by atoms with E-state index in [9.17, 15) is 4.79 Å². The van der Waals surface area contributed by atoms with E-state index in [4.69, 9.17) is 4.74 Å². The summed E-state index contributed by atoms with van der Waals surface area (Å²) in [6.45, 7) is 1.55. The smallest absolute Gasteiger partial charge is 0.171 e. The Kier molecular flexibility index (Phi) is 2.98. The van der Waals surface area contributed by atoms with Crippen LogP contribution in [0.15, 0.2) is 4.60 Å². The van der Waals surface area contributed by atoms with Crippen LogP contribution in [-0.2, 0) is 4.74 Å². The van der Waals surface area contributed by atoms with Gasteiger partial charge in [0, 0.05) is 19.1 Å². The molecule has 1 saturated heterocycles. The number of nitrogens with zero attached hydrogens (tertiary/aromatic N) is 1. The summed E-state index contributed by atoms with van der Waals surface area (Å²) >= 11 is 3.26. The van der Waals surface area contributed by atoms with Crippen molar-refractivity contribution in [1.82, 2.24) is 9.97 Å². The fourth-order valence-electron chi connectivity index (χ4n) is 1.63. The monoisotopic (exact) mass is 258 g/mol. The van der Waals surface area contributed by atoms with E-state index in [2.05, 4.69) is 25.9 Å². The van der Waals surface area contributed by atoms with Gasteiger partial charge in [-0.05, 0) is 28.8 Å². The van der Waals surface area contributed by atoms with Crippen LogP contribution in [0, 0.1) is 0 Å². The molecule has 1 N–H and O–H groups in total. The summed E-state index contributed by atoms with van der Waals surface area (Å²) in [6, 6.07) is 0. The highest BCUT2D eigenvalue weighted by molar-refractivity contribution is 9.10. The average Bonchev–Trinajstić information content (AvgIpc) is 2.61. The van der Waals surface area contributed by atoms with Gasteiger partial charge in [0.1, 0.15) is 16.1 Å². The van der Waals surface area contributed by atoms with E-state index in [0.717, 1.165) is 38.2 Å². The highest BCUT2D eigenvalue weighted by Gasteiger charge is 2.20. The van der Waals surface area contributed by atoms with Gasteiger partial charge in [-0.1, -0.05) is 0 Å². The minimum atomic E-state index is 0.397. The second-order valence-corrected chi connectivity index (χ2v) is 4.12. The Labute approximate surface area is 90.2 Å². The lowest BCUT2D eigenvalue weighted by Crippen LogP contribution is -2.15. The van der Waals surface area contributed by atoms with Crippen molar-refractivity contribution in [3.8, 4) is 0 Å². The predicted molar refractivity (Wildman–Crippen MR) is 54.5 cm³/mol. The first-order valence-corrected chi connectivity index (χ1v) is 5.39. The molecular formula is C9H11BrN2O2. The number of carbonyl (C=O) groups excluding carboxylic acids is 1. The number of hydrogen-bond acceptors (Lipinski definition) is 3. The van der Waals surface area contributed by atoms with Crippen LogP contribution in [-0.4, -0.2) is 29.5 Å². The van der Waals surface area contributed by atoms with Crippen molar-refractivity contribution in [2.75, 3.05) is 13.2 Å². The molecule has 1 fully saturated rings. The zero-order valence-corrected chi connectivity index (χ0v) is 9.21. The first-order valence-electron chi connectivity index (χ1n) is 4.59. The van der Waals surface area contributed by atoms with E-state index in [1.165, 1.54) is 0 Å². The molecule has 0 saturated carbocycles. The Morgan fingerprint density at radius 2 is 2.21 bits per heavy atom. The van der Waals surface area contributed by atoms with Gasteiger partial charge >= 0.3 is 0 Å². The van der Waals surface area contributed by atoms with E-state index >= 15 is 0 Å². The average molecular weight is 259 g/mol. The number of ether oxygens (including phenoxy) is 1. The molecule has 0 unspecified atom stereocenters. The first-order chi connectivity index (χ1) is 6.81. The van der Waals surface area contributed by atoms with Crippen LogP contribution >= 0.6 is 15.9 Å². The van der Waals surface area contributed by atoms with Crippen molar-refractivity contribution in [1.29, 1.82) is 0 Å². The lowest BCUT2D eigenvalue weighted by molar-refractivity contribution is 0.0837. The summed E-state index contributed by atoms with van der Waals surface area (Å²) in [6.07, 6.45) is 2.69. The summed E-state index contributed by atoms with van der Waals surface area (Å²) < 4.78 is 5.94. The molecule has 0 spiro atoms. The highest BCUT2D eigenvalue weighted by atomic mass is 79.9. The number of hydrogen-bond donors (Lipinski definition) is 1. The van der Waals surface area contributed by atoms with E-state index in [1.807, 2.05) is 0 Å².